The minimum absolute atomic E-state index is 0.0252. The van der Waals surface area contributed by atoms with E-state index in [4.69, 9.17) is 9.84 Å². The molecule has 0 unspecified atom stereocenters. The van der Waals surface area contributed by atoms with Crippen LogP contribution in [0.15, 0.2) is 48.9 Å². The maximum absolute atomic E-state index is 14.8. The number of benzene rings is 1. The fourth-order valence-electron chi connectivity index (χ4n) is 5.04. The standard InChI is InChI=1S/C28H31F2N5O5/c1-16-9-17(3-4-23(16)40-24-6-8-35(15-28(24,29)30)27(39)22(37)14-36)18-5-7-31-25(10-18)33-26(38)21-11-20(21)19-12-32-34(2)13-19/h3-5,7,9-10,12-13,20-22,24,36-37H,6,8,11,14-15H2,1-2H3,(H,31,33,38)/t20-,21+,22-,24-/m0/s1. The van der Waals surface area contributed by atoms with Crippen LogP contribution in [0.2, 0.25) is 0 Å². The first-order valence-electron chi connectivity index (χ1n) is 13.0. The number of hydrogen-bond acceptors (Lipinski definition) is 7. The fraction of sp³-hybridized carbons (Fsp3) is 0.429. The minimum Gasteiger partial charge on any atom is -0.484 e. The van der Waals surface area contributed by atoms with Crippen molar-refractivity contribution in [2.45, 2.75) is 43.8 Å². The Morgan fingerprint density at radius 1 is 1.25 bits per heavy atom. The van der Waals surface area contributed by atoms with Gasteiger partial charge in [-0.05, 0) is 65.8 Å². The van der Waals surface area contributed by atoms with Crippen molar-refractivity contribution in [1.82, 2.24) is 19.7 Å². The molecule has 0 bridgehead atoms. The number of rotatable bonds is 8. The van der Waals surface area contributed by atoms with Crippen LogP contribution in [-0.2, 0) is 16.6 Å². The van der Waals surface area contributed by atoms with Crippen molar-refractivity contribution in [2.24, 2.45) is 13.0 Å². The zero-order valence-corrected chi connectivity index (χ0v) is 22.1. The first-order chi connectivity index (χ1) is 19.1. The van der Waals surface area contributed by atoms with Crippen LogP contribution in [-0.4, -0.2) is 79.5 Å². The summed E-state index contributed by atoms with van der Waals surface area (Å²) in [4.78, 5) is 29.9. The molecule has 4 atom stereocenters. The number of anilines is 1. The lowest BCUT2D eigenvalue weighted by atomic mass is 10.0. The van der Waals surface area contributed by atoms with Gasteiger partial charge < -0.3 is 25.2 Å². The molecule has 1 saturated heterocycles. The zero-order chi connectivity index (χ0) is 28.6. The Hall–Kier alpha value is -3.90. The van der Waals surface area contributed by atoms with Crippen LogP contribution in [0.25, 0.3) is 11.1 Å². The predicted molar refractivity (Wildman–Crippen MR) is 141 cm³/mol. The van der Waals surface area contributed by atoms with E-state index in [1.165, 1.54) is 0 Å². The highest BCUT2D eigenvalue weighted by molar-refractivity contribution is 5.95. The molecule has 1 aliphatic heterocycles. The molecule has 1 saturated carbocycles. The second kappa shape index (κ2) is 10.9. The molecule has 2 fully saturated rings. The Bertz CT molecular complexity index is 1410. The lowest BCUT2D eigenvalue weighted by Gasteiger charge is -2.38. The summed E-state index contributed by atoms with van der Waals surface area (Å²) < 4.78 is 37.1. The molecule has 10 nitrogen and oxygen atoms in total. The van der Waals surface area contributed by atoms with Crippen molar-refractivity contribution >= 4 is 17.6 Å². The smallest absolute Gasteiger partial charge is 0.301 e. The number of alkyl halides is 2. The number of ether oxygens (including phenoxy) is 1. The number of carbonyl (C=O) groups excluding carboxylic acids is 2. The van der Waals surface area contributed by atoms with Gasteiger partial charge in [0.25, 0.3) is 5.91 Å². The summed E-state index contributed by atoms with van der Waals surface area (Å²) in [5.41, 5.74) is 3.27. The van der Waals surface area contributed by atoms with E-state index >= 15 is 0 Å². The summed E-state index contributed by atoms with van der Waals surface area (Å²) in [6, 6.07) is 8.73. The van der Waals surface area contributed by atoms with Crippen LogP contribution in [0, 0.1) is 12.8 Å². The van der Waals surface area contributed by atoms with E-state index in [0.29, 0.717) is 17.1 Å². The SMILES string of the molecule is Cc1cc(-c2ccnc(NC(=O)[C@@H]3C[C@H]3c3cnn(C)c3)c2)ccc1O[C@H]1CCN(C(=O)[C@@H](O)CO)CC1(F)F. The average molecular weight is 556 g/mol. The number of aliphatic hydroxyl groups excluding tert-OH is 2. The summed E-state index contributed by atoms with van der Waals surface area (Å²) in [6.45, 7) is -0.00363. The Kier molecular flexibility index (Phi) is 7.56. The summed E-state index contributed by atoms with van der Waals surface area (Å²) >= 11 is 0. The summed E-state index contributed by atoms with van der Waals surface area (Å²) in [7, 11) is 1.84. The maximum atomic E-state index is 14.8. The molecular formula is C28H31F2N5O5. The highest BCUT2D eigenvalue weighted by Crippen LogP contribution is 2.47. The number of hydrogen-bond donors (Lipinski definition) is 3. The highest BCUT2D eigenvalue weighted by atomic mass is 19.3. The minimum atomic E-state index is -3.34. The molecule has 3 N–H and O–H groups in total. The largest absolute Gasteiger partial charge is 0.484 e. The van der Waals surface area contributed by atoms with Crippen LogP contribution in [0.3, 0.4) is 0 Å². The fourth-order valence-corrected chi connectivity index (χ4v) is 5.04. The lowest BCUT2D eigenvalue weighted by Crippen LogP contribution is -2.57. The Morgan fingerprint density at radius 2 is 2.02 bits per heavy atom. The van der Waals surface area contributed by atoms with E-state index in [2.05, 4.69) is 15.4 Å². The molecule has 0 spiro atoms. The number of pyridine rings is 1. The Labute approximate surface area is 229 Å². The van der Waals surface area contributed by atoms with Gasteiger partial charge in [0.05, 0.1) is 19.3 Å². The van der Waals surface area contributed by atoms with Crippen molar-refractivity contribution in [1.29, 1.82) is 0 Å². The van der Waals surface area contributed by atoms with E-state index in [1.807, 2.05) is 19.3 Å². The van der Waals surface area contributed by atoms with Gasteiger partial charge in [0.1, 0.15) is 11.6 Å². The van der Waals surface area contributed by atoms with E-state index in [-0.39, 0.29) is 30.7 Å². The number of halogens is 2. The first-order valence-corrected chi connectivity index (χ1v) is 13.0. The summed E-state index contributed by atoms with van der Waals surface area (Å²) in [6.07, 6.45) is 2.75. The molecule has 40 heavy (non-hydrogen) atoms. The van der Waals surface area contributed by atoms with Crippen LogP contribution in [0.1, 0.15) is 29.9 Å². The predicted octanol–water partition coefficient (Wildman–Crippen LogP) is 2.50. The van der Waals surface area contributed by atoms with Gasteiger partial charge in [-0.25, -0.2) is 13.8 Å². The Morgan fingerprint density at radius 3 is 2.70 bits per heavy atom. The van der Waals surface area contributed by atoms with E-state index in [1.54, 1.807) is 48.3 Å². The first kappa shape index (κ1) is 27.7. The van der Waals surface area contributed by atoms with Crippen molar-refractivity contribution in [3.05, 3.63) is 60.0 Å². The topological polar surface area (TPSA) is 130 Å². The molecule has 3 aromatic rings. The van der Waals surface area contributed by atoms with Crippen LogP contribution in [0.5, 0.6) is 5.75 Å². The number of nitrogens with zero attached hydrogens (tertiary/aromatic N) is 4. The highest BCUT2D eigenvalue weighted by Gasteiger charge is 2.48. The number of aryl methyl sites for hydroxylation is 2. The van der Waals surface area contributed by atoms with E-state index in [9.17, 15) is 23.5 Å². The molecule has 2 aliphatic rings. The van der Waals surface area contributed by atoms with Gasteiger partial charge >= 0.3 is 5.92 Å². The third-order valence-corrected chi connectivity index (χ3v) is 7.37. The zero-order valence-electron chi connectivity index (χ0n) is 22.1. The summed E-state index contributed by atoms with van der Waals surface area (Å²) in [5.74, 6) is -3.64. The number of piperidine rings is 1. The number of carbonyl (C=O) groups is 2. The quantitative estimate of drug-likeness (QED) is 0.390. The van der Waals surface area contributed by atoms with Crippen LogP contribution >= 0.6 is 0 Å². The van der Waals surface area contributed by atoms with Crippen molar-refractivity contribution < 1.29 is 33.3 Å². The maximum Gasteiger partial charge on any atom is 0.301 e. The Balaban J connectivity index is 1.22. The second-order valence-electron chi connectivity index (χ2n) is 10.4. The van der Waals surface area contributed by atoms with Gasteiger partial charge in [-0.3, -0.25) is 14.3 Å². The molecular weight excluding hydrogens is 524 g/mol. The van der Waals surface area contributed by atoms with E-state index in [0.717, 1.165) is 28.0 Å². The third-order valence-electron chi connectivity index (χ3n) is 7.37. The molecule has 0 radical (unpaired) electrons. The van der Waals surface area contributed by atoms with Gasteiger partial charge in [0.2, 0.25) is 5.91 Å². The average Bonchev–Trinajstić information content (AvgIpc) is 3.62. The summed E-state index contributed by atoms with van der Waals surface area (Å²) in [5, 5.41) is 25.5. The number of nitrogens with one attached hydrogen (secondary N) is 1. The van der Waals surface area contributed by atoms with Gasteiger partial charge in [-0.15, -0.1) is 0 Å². The van der Waals surface area contributed by atoms with Crippen molar-refractivity contribution in [3.63, 3.8) is 0 Å². The number of likely N-dealkylation sites (tertiary alicyclic amines) is 1. The molecule has 212 valence electrons. The van der Waals surface area contributed by atoms with Crippen LogP contribution < -0.4 is 10.1 Å². The van der Waals surface area contributed by atoms with Gasteiger partial charge in [-0.1, -0.05) is 6.07 Å². The van der Waals surface area contributed by atoms with Crippen LogP contribution in [0.4, 0.5) is 14.6 Å². The monoisotopic (exact) mass is 555 g/mol. The number of aromatic nitrogens is 3. The van der Waals surface area contributed by atoms with E-state index < -0.39 is 37.2 Å². The van der Waals surface area contributed by atoms with Gasteiger partial charge in [0, 0.05) is 38.3 Å². The molecule has 2 amide bonds. The third kappa shape index (κ3) is 5.82. The number of amides is 2. The van der Waals surface area contributed by atoms with Gasteiger partial charge in [0.15, 0.2) is 12.2 Å². The molecule has 2 aromatic heterocycles. The second-order valence-corrected chi connectivity index (χ2v) is 10.4. The lowest BCUT2D eigenvalue weighted by molar-refractivity contribution is -0.167. The normalized spacial score (nSPS) is 22.4. The number of aliphatic hydroxyl groups is 2. The molecule has 12 heteroatoms. The molecule has 1 aromatic carbocycles. The van der Waals surface area contributed by atoms with Crippen molar-refractivity contribution in [2.75, 3.05) is 25.0 Å². The van der Waals surface area contributed by atoms with Crippen molar-refractivity contribution in [3.8, 4) is 16.9 Å². The molecule has 1 aliphatic carbocycles. The molecule has 3 heterocycles. The molecule has 5 rings (SSSR count). The van der Waals surface area contributed by atoms with Gasteiger partial charge in [-0.2, -0.15) is 5.10 Å².